The molecule has 2 heterocycles. The van der Waals surface area contributed by atoms with E-state index in [1.54, 1.807) is 7.11 Å². The Labute approximate surface area is 130 Å². The molecule has 1 atom stereocenters. The number of rotatable bonds is 3. The number of carbonyl (C=O) groups excluding carboxylic acids is 1. The van der Waals surface area contributed by atoms with Crippen molar-refractivity contribution in [3.63, 3.8) is 0 Å². The first-order chi connectivity index (χ1) is 10.7. The van der Waals surface area contributed by atoms with Gasteiger partial charge in [0.05, 0.1) is 12.8 Å². The average Bonchev–Trinajstić information content (AvgIpc) is 3.04. The predicted octanol–water partition coefficient (Wildman–Crippen LogP) is 2.96. The SMILES string of the molecule is COc1ccc(-c2cc(C(=O)N3CCC[C@@H](C)C3)[nH]n2)cc1. The summed E-state index contributed by atoms with van der Waals surface area (Å²) >= 11 is 0. The van der Waals surface area contributed by atoms with Crippen molar-refractivity contribution in [3.8, 4) is 17.0 Å². The van der Waals surface area contributed by atoms with E-state index in [0.717, 1.165) is 36.5 Å². The molecule has 22 heavy (non-hydrogen) atoms. The Morgan fingerprint density at radius 2 is 2.14 bits per heavy atom. The number of aromatic amines is 1. The van der Waals surface area contributed by atoms with Crippen LogP contribution in [0.5, 0.6) is 5.75 Å². The molecule has 1 aromatic carbocycles. The number of benzene rings is 1. The molecule has 1 N–H and O–H groups in total. The van der Waals surface area contributed by atoms with E-state index in [1.165, 1.54) is 6.42 Å². The molecule has 1 amide bonds. The highest BCUT2D eigenvalue weighted by atomic mass is 16.5. The number of hydrogen-bond donors (Lipinski definition) is 1. The lowest BCUT2D eigenvalue weighted by molar-refractivity contribution is 0.0677. The van der Waals surface area contributed by atoms with Crippen LogP contribution in [0.3, 0.4) is 0 Å². The Hall–Kier alpha value is -2.30. The quantitative estimate of drug-likeness (QED) is 0.948. The third kappa shape index (κ3) is 2.98. The summed E-state index contributed by atoms with van der Waals surface area (Å²) in [5.41, 5.74) is 2.29. The topological polar surface area (TPSA) is 58.2 Å². The first-order valence-electron chi connectivity index (χ1n) is 7.66. The molecule has 0 radical (unpaired) electrons. The Morgan fingerprint density at radius 1 is 1.36 bits per heavy atom. The van der Waals surface area contributed by atoms with E-state index in [1.807, 2.05) is 35.2 Å². The summed E-state index contributed by atoms with van der Waals surface area (Å²) < 4.78 is 5.15. The summed E-state index contributed by atoms with van der Waals surface area (Å²) in [6.07, 6.45) is 2.27. The molecule has 116 valence electrons. The Balaban J connectivity index is 1.76. The van der Waals surface area contributed by atoms with Gasteiger partial charge in [0, 0.05) is 18.7 Å². The van der Waals surface area contributed by atoms with Gasteiger partial charge >= 0.3 is 0 Å². The molecule has 3 rings (SSSR count). The lowest BCUT2D eigenvalue weighted by Crippen LogP contribution is -2.39. The van der Waals surface area contributed by atoms with Crippen LogP contribution < -0.4 is 4.74 Å². The standard InChI is InChI=1S/C17H21N3O2/c1-12-4-3-9-20(11-12)17(21)16-10-15(18-19-16)13-5-7-14(22-2)8-6-13/h5-8,10,12H,3-4,9,11H2,1-2H3,(H,18,19)/t12-/m1/s1. The van der Waals surface area contributed by atoms with E-state index in [4.69, 9.17) is 4.74 Å². The predicted molar refractivity (Wildman–Crippen MR) is 84.9 cm³/mol. The monoisotopic (exact) mass is 299 g/mol. The second-order valence-electron chi connectivity index (χ2n) is 5.89. The zero-order valence-corrected chi connectivity index (χ0v) is 13.0. The van der Waals surface area contributed by atoms with Crippen LogP contribution in [0, 0.1) is 5.92 Å². The van der Waals surface area contributed by atoms with E-state index in [9.17, 15) is 4.79 Å². The summed E-state index contributed by atoms with van der Waals surface area (Å²) in [4.78, 5) is 14.4. The van der Waals surface area contributed by atoms with Gasteiger partial charge in [-0.2, -0.15) is 5.10 Å². The highest BCUT2D eigenvalue weighted by molar-refractivity contribution is 5.93. The molecule has 1 aliphatic rings. The fraction of sp³-hybridized carbons (Fsp3) is 0.412. The first kappa shape index (κ1) is 14.6. The number of aromatic nitrogens is 2. The highest BCUT2D eigenvalue weighted by Crippen LogP contribution is 2.22. The van der Waals surface area contributed by atoms with E-state index >= 15 is 0 Å². The van der Waals surface area contributed by atoms with Gasteiger partial charge < -0.3 is 9.64 Å². The largest absolute Gasteiger partial charge is 0.497 e. The molecular formula is C17H21N3O2. The Kier molecular flexibility index (Phi) is 4.13. The van der Waals surface area contributed by atoms with Crippen molar-refractivity contribution in [2.45, 2.75) is 19.8 Å². The maximum atomic E-state index is 12.5. The molecule has 0 aliphatic carbocycles. The second kappa shape index (κ2) is 6.22. The van der Waals surface area contributed by atoms with Crippen molar-refractivity contribution in [2.24, 2.45) is 5.92 Å². The van der Waals surface area contributed by atoms with Gasteiger partial charge in [0.1, 0.15) is 11.4 Å². The second-order valence-corrected chi connectivity index (χ2v) is 5.89. The van der Waals surface area contributed by atoms with E-state index < -0.39 is 0 Å². The number of nitrogens with zero attached hydrogens (tertiary/aromatic N) is 2. The van der Waals surface area contributed by atoms with Gasteiger partial charge in [-0.25, -0.2) is 0 Å². The van der Waals surface area contributed by atoms with Crippen LogP contribution in [0.25, 0.3) is 11.3 Å². The molecule has 0 unspecified atom stereocenters. The summed E-state index contributed by atoms with van der Waals surface area (Å²) in [7, 11) is 1.64. The van der Waals surface area contributed by atoms with Gasteiger partial charge in [0.2, 0.25) is 0 Å². The molecule has 1 saturated heterocycles. The fourth-order valence-electron chi connectivity index (χ4n) is 2.89. The molecule has 1 fully saturated rings. The van der Waals surface area contributed by atoms with Crippen molar-refractivity contribution >= 4 is 5.91 Å². The average molecular weight is 299 g/mol. The van der Waals surface area contributed by atoms with Crippen molar-refractivity contribution < 1.29 is 9.53 Å². The summed E-state index contributed by atoms with van der Waals surface area (Å²) in [5.74, 6) is 1.42. The summed E-state index contributed by atoms with van der Waals surface area (Å²) in [6.45, 7) is 3.85. The minimum atomic E-state index is 0.0406. The third-order valence-electron chi connectivity index (χ3n) is 4.14. The number of piperidine rings is 1. The number of ether oxygens (including phenoxy) is 1. The molecule has 0 spiro atoms. The smallest absolute Gasteiger partial charge is 0.271 e. The third-order valence-corrected chi connectivity index (χ3v) is 4.14. The highest BCUT2D eigenvalue weighted by Gasteiger charge is 2.23. The number of likely N-dealkylation sites (tertiary alicyclic amines) is 1. The summed E-state index contributed by atoms with van der Waals surface area (Å²) in [5, 5.41) is 7.14. The molecular weight excluding hydrogens is 278 g/mol. The number of hydrogen-bond acceptors (Lipinski definition) is 3. The number of amides is 1. The number of nitrogens with one attached hydrogen (secondary N) is 1. The zero-order valence-electron chi connectivity index (χ0n) is 13.0. The minimum absolute atomic E-state index is 0.0406. The maximum Gasteiger partial charge on any atom is 0.271 e. The lowest BCUT2D eigenvalue weighted by Gasteiger charge is -2.30. The van der Waals surface area contributed by atoms with Crippen LogP contribution in [0.4, 0.5) is 0 Å². The Bertz CT molecular complexity index is 648. The minimum Gasteiger partial charge on any atom is -0.497 e. The van der Waals surface area contributed by atoms with Crippen LogP contribution in [-0.4, -0.2) is 41.2 Å². The van der Waals surface area contributed by atoms with Crippen molar-refractivity contribution in [1.29, 1.82) is 0 Å². The molecule has 1 aromatic heterocycles. The van der Waals surface area contributed by atoms with Crippen LogP contribution in [0.15, 0.2) is 30.3 Å². The number of H-pyrrole nitrogens is 1. The molecule has 5 heteroatoms. The van der Waals surface area contributed by atoms with Crippen LogP contribution in [0.2, 0.25) is 0 Å². The van der Waals surface area contributed by atoms with Gasteiger partial charge in [0.15, 0.2) is 0 Å². The number of methoxy groups -OCH3 is 1. The van der Waals surface area contributed by atoms with Crippen LogP contribution >= 0.6 is 0 Å². The van der Waals surface area contributed by atoms with Gasteiger partial charge in [0.25, 0.3) is 5.91 Å². The molecule has 5 nitrogen and oxygen atoms in total. The van der Waals surface area contributed by atoms with E-state index in [-0.39, 0.29) is 5.91 Å². The van der Waals surface area contributed by atoms with Crippen molar-refractivity contribution in [3.05, 3.63) is 36.0 Å². The van der Waals surface area contributed by atoms with Gasteiger partial charge in [-0.1, -0.05) is 6.92 Å². The Morgan fingerprint density at radius 3 is 2.82 bits per heavy atom. The molecule has 2 aromatic rings. The van der Waals surface area contributed by atoms with Gasteiger partial charge in [-0.05, 0) is 49.1 Å². The van der Waals surface area contributed by atoms with E-state index in [0.29, 0.717) is 11.6 Å². The lowest BCUT2D eigenvalue weighted by atomic mass is 10.00. The number of carbonyl (C=O) groups is 1. The zero-order chi connectivity index (χ0) is 15.5. The molecule has 0 bridgehead atoms. The summed E-state index contributed by atoms with van der Waals surface area (Å²) in [6, 6.07) is 9.47. The van der Waals surface area contributed by atoms with Crippen LogP contribution in [-0.2, 0) is 0 Å². The first-order valence-corrected chi connectivity index (χ1v) is 7.66. The van der Waals surface area contributed by atoms with Crippen LogP contribution in [0.1, 0.15) is 30.3 Å². The molecule has 1 aliphatic heterocycles. The normalized spacial score (nSPS) is 18.3. The van der Waals surface area contributed by atoms with Crippen molar-refractivity contribution in [1.82, 2.24) is 15.1 Å². The van der Waals surface area contributed by atoms with Gasteiger partial charge in [-0.3, -0.25) is 9.89 Å². The maximum absolute atomic E-state index is 12.5. The van der Waals surface area contributed by atoms with E-state index in [2.05, 4.69) is 17.1 Å². The molecule has 0 saturated carbocycles. The van der Waals surface area contributed by atoms with Gasteiger partial charge in [-0.15, -0.1) is 0 Å². The fourth-order valence-corrected chi connectivity index (χ4v) is 2.89. The van der Waals surface area contributed by atoms with Crippen molar-refractivity contribution in [2.75, 3.05) is 20.2 Å².